The van der Waals surface area contributed by atoms with Gasteiger partial charge in [-0.3, -0.25) is 9.98 Å². The molecule has 1 rings (SSSR count). The Morgan fingerprint density at radius 1 is 1.27 bits per heavy atom. The summed E-state index contributed by atoms with van der Waals surface area (Å²) in [6, 6.07) is 0.365. The van der Waals surface area contributed by atoms with Gasteiger partial charge in [0.15, 0.2) is 0 Å². The quantitative estimate of drug-likeness (QED) is 0.502. The predicted molar refractivity (Wildman–Crippen MR) is 49.3 cm³/mol. The molecule has 0 fully saturated rings. The van der Waals surface area contributed by atoms with Crippen molar-refractivity contribution in [1.82, 2.24) is 0 Å². The molecule has 0 amide bonds. The molecule has 0 aliphatic carbocycles. The molecule has 0 bridgehead atoms. The first-order chi connectivity index (χ1) is 5.39. The van der Waals surface area contributed by atoms with E-state index in [1.807, 2.05) is 30.6 Å². The van der Waals surface area contributed by atoms with E-state index >= 15 is 0 Å². The minimum atomic E-state index is 0.365. The number of allylic oxidation sites excluding steroid dienone is 2. The van der Waals surface area contributed by atoms with Crippen molar-refractivity contribution < 1.29 is 0 Å². The van der Waals surface area contributed by atoms with Gasteiger partial charge in [-0.25, -0.2) is 0 Å². The number of hydrogen-bond donors (Lipinski definition) is 0. The summed E-state index contributed by atoms with van der Waals surface area (Å²) in [7, 11) is 0. The largest absolute Gasteiger partial charge is 0.290 e. The molecule has 0 saturated carbocycles. The van der Waals surface area contributed by atoms with Crippen molar-refractivity contribution in [2.45, 2.75) is 19.4 Å². The second-order valence-corrected chi connectivity index (χ2v) is 2.45. The maximum Gasteiger partial charge on any atom is 0.0506 e. The van der Waals surface area contributed by atoms with Crippen molar-refractivity contribution >= 4 is 12.4 Å². The van der Waals surface area contributed by atoms with Crippen molar-refractivity contribution in [2.75, 3.05) is 0 Å². The lowest BCUT2D eigenvalue weighted by atomic mass is 10.2. The molecule has 0 aromatic heterocycles. The highest BCUT2D eigenvalue weighted by Crippen LogP contribution is 1.97. The summed E-state index contributed by atoms with van der Waals surface area (Å²) in [5.41, 5.74) is 0. The summed E-state index contributed by atoms with van der Waals surface area (Å²) in [6.45, 7) is 2.08. The van der Waals surface area contributed by atoms with E-state index in [0.717, 1.165) is 6.42 Å². The Bertz CT molecular complexity index is 212. The van der Waals surface area contributed by atoms with E-state index in [-0.39, 0.29) is 0 Å². The first-order valence-electron chi connectivity index (χ1n) is 3.76. The Morgan fingerprint density at radius 3 is 3.00 bits per heavy atom. The number of nitrogens with zero attached hydrogens (tertiary/aromatic N) is 2. The van der Waals surface area contributed by atoms with Crippen LogP contribution < -0.4 is 0 Å². The van der Waals surface area contributed by atoms with Crippen LogP contribution in [-0.2, 0) is 0 Å². The van der Waals surface area contributed by atoms with E-state index < -0.39 is 0 Å². The van der Waals surface area contributed by atoms with Crippen LogP contribution >= 0.6 is 0 Å². The van der Waals surface area contributed by atoms with Crippen LogP contribution in [0.15, 0.2) is 34.4 Å². The first kappa shape index (κ1) is 7.92. The average molecular weight is 148 g/mol. The van der Waals surface area contributed by atoms with Gasteiger partial charge < -0.3 is 0 Å². The van der Waals surface area contributed by atoms with Gasteiger partial charge in [0, 0.05) is 18.6 Å². The molecule has 1 heterocycles. The third-order valence-corrected chi connectivity index (χ3v) is 1.38. The van der Waals surface area contributed by atoms with Crippen LogP contribution in [0, 0.1) is 0 Å². The molecule has 0 radical (unpaired) electrons. The second-order valence-electron chi connectivity index (χ2n) is 2.45. The fourth-order valence-electron chi connectivity index (χ4n) is 0.775. The molecular formula is C9H12N2. The molecule has 0 saturated heterocycles. The van der Waals surface area contributed by atoms with Gasteiger partial charge >= 0.3 is 0 Å². The van der Waals surface area contributed by atoms with E-state index in [2.05, 4.69) is 16.9 Å². The van der Waals surface area contributed by atoms with Crippen LogP contribution in [0.2, 0.25) is 0 Å². The normalized spacial score (nSPS) is 32.6. The molecular weight excluding hydrogens is 136 g/mol. The summed E-state index contributed by atoms with van der Waals surface area (Å²) in [4.78, 5) is 8.27. The topological polar surface area (TPSA) is 24.7 Å². The molecule has 1 aliphatic heterocycles. The predicted octanol–water partition coefficient (Wildman–Crippen LogP) is 1.99. The highest BCUT2D eigenvalue weighted by Gasteiger charge is 1.91. The molecule has 0 spiro atoms. The lowest BCUT2D eigenvalue weighted by Gasteiger charge is -1.99. The van der Waals surface area contributed by atoms with Crippen LogP contribution in [0.25, 0.3) is 0 Å². The molecule has 0 N–H and O–H groups in total. The van der Waals surface area contributed by atoms with Crippen molar-refractivity contribution in [3.63, 3.8) is 0 Å². The third-order valence-electron chi connectivity index (χ3n) is 1.38. The fourth-order valence-corrected chi connectivity index (χ4v) is 0.775. The number of aliphatic imine (C=N–C) groups is 2. The molecule has 0 aromatic carbocycles. The molecule has 11 heavy (non-hydrogen) atoms. The van der Waals surface area contributed by atoms with Crippen LogP contribution in [0.4, 0.5) is 0 Å². The smallest absolute Gasteiger partial charge is 0.0506 e. The molecule has 2 nitrogen and oxygen atoms in total. The Balaban J connectivity index is 2.61. The summed E-state index contributed by atoms with van der Waals surface area (Å²) in [6.07, 6.45) is 12.1. The van der Waals surface area contributed by atoms with Crippen LogP contribution in [0.1, 0.15) is 13.3 Å². The molecule has 1 aliphatic rings. The third kappa shape index (κ3) is 3.50. The zero-order valence-corrected chi connectivity index (χ0v) is 6.64. The Kier molecular flexibility index (Phi) is 3.32. The van der Waals surface area contributed by atoms with Gasteiger partial charge in [0.2, 0.25) is 0 Å². The zero-order chi connectivity index (χ0) is 7.94. The summed E-state index contributed by atoms with van der Waals surface area (Å²) >= 11 is 0. The van der Waals surface area contributed by atoms with E-state index in [4.69, 9.17) is 0 Å². The lowest BCUT2D eigenvalue weighted by Crippen LogP contribution is -1.95. The van der Waals surface area contributed by atoms with Gasteiger partial charge in [-0.2, -0.15) is 0 Å². The summed E-state index contributed by atoms with van der Waals surface area (Å²) in [5, 5.41) is 0. The summed E-state index contributed by atoms with van der Waals surface area (Å²) < 4.78 is 0. The van der Waals surface area contributed by atoms with Gasteiger partial charge in [0.1, 0.15) is 0 Å². The van der Waals surface area contributed by atoms with Gasteiger partial charge in [0.05, 0.1) is 6.04 Å². The molecule has 1 atom stereocenters. The Hall–Kier alpha value is -1.18. The van der Waals surface area contributed by atoms with Gasteiger partial charge in [-0.05, 0) is 25.5 Å². The van der Waals surface area contributed by atoms with Gasteiger partial charge in [-0.1, -0.05) is 6.08 Å². The first-order valence-corrected chi connectivity index (χ1v) is 3.76. The Morgan fingerprint density at radius 2 is 2.09 bits per heavy atom. The molecule has 2 heteroatoms. The number of hydrogen-bond acceptors (Lipinski definition) is 2. The van der Waals surface area contributed by atoms with Crippen LogP contribution in [0.5, 0.6) is 0 Å². The highest BCUT2D eigenvalue weighted by molar-refractivity contribution is 5.81. The van der Waals surface area contributed by atoms with Crippen molar-refractivity contribution in [3.8, 4) is 0 Å². The molecule has 58 valence electrons. The Labute approximate surface area is 67.1 Å². The van der Waals surface area contributed by atoms with E-state index in [0.29, 0.717) is 6.04 Å². The zero-order valence-electron chi connectivity index (χ0n) is 6.64. The van der Waals surface area contributed by atoms with E-state index in [9.17, 15) is 0 Å². The molecule has 1 unspecified atom stereocenters. The maximum atomic E-state index is 4.26. The SMILES string of the molecule is CC1C/C=C/N=C/C=C\C=N1. The van der Waals surface area contributed by atoms with Gasteiger partial charge in [0.25, 0.3) is 0 Å². The van der Waals surface area contributed by atoms with Crippen LogP contribution in [0.3, 0.4) is 0 Å². The highest BCUT2D eigenvalue weighted by atomic mass is 14.7. The van der Waals surface area contributed by atoms with Gasteiger partial charge in [-0.15, -0.1) is 0 Å². The van der Waals surface area contributed by atoms with Crippen LogP contribution in [-0.4, -0.2) is 18.5 Å². The fraction of sp³-hybridized carbons (Fsp3) is 0.333. The standard InChI is InChI=1S/C9H12N2/c1-9-5-4-7-10-6-2-3-8-11-9/h2-4,6-9H,5H2,1H3/b3-2-,7-4+,10-6+,11-8?. The minimum absolute atomic E-state index is 0.365. The monoisotopic (exact) mass is 148 g/mol. The lowest BCUT2D eigenvalue weighted by molar-refractivity contribution is 0.763. The van der Waals surface area contributed by atoms with Crippen molar-refractivity contribution in [1.29, 1.82) is 0 Å². The maximum absolute atomic E-state index is 4.26. The van der Waals surface area contributed by atoms with Crippen molar-refractivity contribution in [3.05, 3.63) is 24.4 Å². The van der Waals surface area contributed by atoms with E-state index in [1.165, 1.54) is 0 Å². The summed E-state index contributed by atoms with van der Waals surface area (Å²) in [5.74, 6) is 0. The average Bonchev–Trinajstić information content (AvgIpc) is 2.03. The second kappa shape index (κ2) is 4.61. The van der Waals surface area contributed by atoms with Crippen molar-refractivity contribution in [2.24, 2.45) is 9.98 Å². The molecule has 0 aromatic rings. The minimum Gasteiger partial charge on any atom is -0.290 e. The van der Waals surface area contributed by atoms with E-state index in [1.54, 1.807) is 6.21 Å². The number of rotatable bonds is 0.